The topological polar surface area (TPSA) is 67.3 Å². The number of aliphatic hydroxyl groups is 1. The van der Waals surface area contributed by atoms with Crippen LogP contribution in [0.4, 0.5) is 0 Å². The van der Waals surface area contributed by atoms with Crippen LogP contribution in [0.1, 0.15) is 37.3 Å². The zero-order valence-corrected chi connectivity index (χ0v) is 10.9. The summed E-state index contributed by atoms with van der Waals surface area (Å²) in [6, 6.07) is 1.24. The van der Waals surface area contributed by atoms with Crippen LogP contribution >= 0.6 is 0 Å². The third-order valence-corrected chi connectivity index (χ3v) is 4.46. The van der Waals surface area contributed by atoms with E-state index in [1.807, 2.05) is 17.9 Å². The Morgan fingerprint density at radius 3 is 2.61 bits per heavy atom. The quantitative estimate of drug-likeness (QED) is 0.815. The largest absolute Gasteiger partial charge is 0.393 e. The molecule has 0 aromatic carbocycles. The van der Waals surface area contributed by atoms with E-state index in [4.69, 9.17) is 5.73 Å². The van der Waals surface area contributed by atoms with Gasteiger partial charge < -0.3 is 10.8 Å². The highest BCUT2D eigenvalue weighted by Crippen LogP contribution is 2.41. The van der Waals surface area contributed by atoms with Crippen LogP contribution in [-0.4, -0.2) is 44.5 Å². The van der Waals surface area contributed by atoms with E-state index in [-0.39, 0.29) is 12.1 Å². The van der Waals surface area contributed by atoms with E-state index in [1.165, 1.54) is 18.4 Å². The van der Waals surface area contributed by atoms with E-state index in [1.54, 1.807) is 0 Å². The summed E-state index contributed by atoms with van der Waals surface area (Å²) < 4.78 is 1.83. The van der Waals surface area contributed by atoms with E-state index in [9.17, 15) is 5.11 Å². The van der Waals surface area contributed by atoms with Gasteiger partial charge in [0, 0.05) is 37.4 Å². The number of aromatic nitrogens is 2. The summed E-state index contributed by atoms with van der Waals surface area (Å²) in [6.07, 6.45) is 8.03. The number of hydrogen-bond acceptors (Lipinski definition) is 4. The van der Waals surface area contributed by atoms with Crippen molar-refractivity contribution in [2.24, 2.45) is 12.8 Å². The van der Waals surface area contributed by atoms with Gasteiger partial charge in [-0.05, 0) is 25.7 Å². The second-order valence-electron chi connectivity index (χ2n) is 5.66. The molecule has 0 amide bonds. The number of nitrogens with zero attached hydrogens (tertiary/aromatic N) is 3. The second-order valence-corrected chi connectivity index (χ2v) is 5.66. The monoisotopic (exact) mass is 250 g/mol. The predicted octanol–water partition coefficient (Wildman–Crippen LogP) is 0.408. The number of hydrogen-bond donors (Lipinski definition) is 2. The molecule has 3 heterocycles. The van der Waals surface area contributed by atoms with Gasteiger partial charge >= 0.3 is 0 Å². The van der Waals surface area contributed by atoms with E-state index in [0.717, 1.165) is 12.8 Å². The van der Waals surface area contributed by atoms with Gasteiger partial charge in [0.05, 0.1) is 18.3 Å². The molecule has 100 valence electrons. The average Bonchev–Trinajstić information content (AvgIpc) is 2.85. The average molecular weight is 250 g/mol. The maximum Gasteiger partial charge on any atom is 0.0570 e. The summed E-state index contributed by atoms with van der Waals surface area (Å²) in [5.74, 6) is 0. The molecule has 3 unspecified atom stereocenters. The van der Waals surface area contributed by atoms with Gasteiger partial charge in [-0.3, -0.25) is 9.58 Å². The van der Waals surface area contributed by atoms with Crippen molar-refractivity contribution in [3.63, 3.8) is 0 Å². The molecule has 1 aromatic rings. The van der Waals surface area contributed by atoms with Crippen molar-refractivity contribution in [2.45, 2.75) is 49.9 Å². The van der Waals surface area contributed by atoms with Crippen LogP contribution in [0.25, 0.3) is 0 Å². The fraction of sp³-hybridized carbons (Fsp3) is 0.769. The van der Waals surface area contributed by atoms with Crippen LogP contribution in [-0.2, 0) is 7.05 Å². The number of rotatable bonds is 3. The van der Waals surface area contributed by atoms with Crippen molar-refractivity contribution in [3.8, 4) is 0 Å². The molecule has 3 N–H and O–H groups in total. The van der Waals surface area contributed by atoms with Crippen molar-refractivity contribution in [1.29, 1.82) is 0 Å². The van der Waals surface area contributed by atoms with Crippen LogP contribution in [0, 0.1) is 0 Å². The Kier molecular flexibility index (Phi) is 3.13. The lowest BCUT2D eigenvalue weighted by molar-refractivity contribution is 0.0115. The molecule has 0 saturated carbocycles. The molecular formula is C13H22N4O. The summed E-state index contributed by atoms with van der Waals surface area (Å²) in [4.78, 5) is 2.53. The molecule has 5 heteroatoms. The molecule has 3 rings (SSSR count). The normalized spacial score (nSPS) is 33.8. The molecule has 2 aliphatic heterocycles. The van der Waals surface area contributed by atoms with Gasteiger partial charge in [0.15, 0.2) is 0 Å². The maximum absolute atomic E-state index is 9.86. The summed E-state index contributed by atoms with van der Waals surface area (Å²) in [5, 5.41) is 14.1. The summed E-state index contributed by atoms with van der Waals surface area (Å²) in [6.45, 7) is 0.620. The highest BCUT2D eigenvalue weighted by atomic mass is 16.3. The molecule has 2 bridgehead atoms. The fourth-order valence-electron chi connectivity index (χ4n) is 3.74. The lowest BCUT2D eigenvalue weighted by Gasteiger charge is -2.41. The number of aryl methyl sites for hydroxylation is 1. The van der Waals surface area contributed by atoms with E-state index in [2.05, 4.69) is 16.2 Å². The number of nitrogens with two attached hydrogens (primary N) is 1. The van der Waals surface area contributed by atoms with E-state index < -0.39 is 0 Å². The Morgan fingerprint density at radius 1 is 1.44 bits per heavy atom. The molecule has 2 fully saturated rings. The first-order valence-corrected chi connectivity index (χ1v) is 6.83. The molecule has 18 heavy (non-hydrogen) atoms. The number of piperidine rings is 1. The van der Waals surface area contributed by atoms with Gasteiger partial charge in [-0.1, -0.05) is 0 Å². The fourth-order valence-corrected chi connectivity index (χ4v) is 3.74. The molecular weight excluding hydrogens is 228 g/mol. The van der Waals surface area contributed by atoms with Crippen molar-refractivity contribution in [3.05, 3.63) is 18.0 Å². The first-order chi connectivity index (χ1) is 8.69. The SMILES string of the molecule is Cn1cc(C(CN)N2C3CCC2CC(O)C3)cn1. The van der Waals surface area contributed by atoms with Crippen molar-refractivity contribution >= 4 is 0 Å². The van der Waals surface area contributed by atoms with Crippen LogP contribution in [0.3, 0.4) is 0 Å². The minimum Gasteiger partial charge on any atom is -0.393 e. The van der Waals surface area contributed by atoms with E-state index in [0.29, 0.717) is 18.6 Å². The zero-order chi connectivity index (χ0) is 12.7. The Balaban J connectivity index is 1.84. The van der Waals surface area contributed by atoms with Crippen LogP contribution < -0.4 is 5.73 Å². The van der Waals surface area contributed by atoms with Crippen LogP contribution in [0.5, 0.6) is 0 Å². The van der Waals surface area contributed by atoms with E-state index >= 15 is 0 Å². The number of fused-ring (bicyclic) bond motifs is 2. The summed E-state index contributed by atoms with van der Waals surface area (Å²) in [5.41, 5.74) is 7.19. The third-order valence-electron chi connectivity index (χ3n) is 4.46. The third kappa shape index (κ3) is 1.96. The molecule has 5 nitrogen and oxygen atoms in total. The van der Waals surface area contributed by atoms with Crippen molar-refractivity contribution < 1.29 is 5.11 Å². The predicted molar refractivity (Wildman–Crippen MR) is 68.9 cm³/mol. The Labute approximate surface area is 108 Å². The minimum atomic E-state index is -0.119. The van der Waals surface area contributed by atoms with Gasteiger partial charge in [-0.25, -0.2) is 0 Å². The molecule has 0 spiro atoms. The molecule has 3 atom stereocenters. The second kappa shape index (κ2) is 4.64. The zero-order valence-electron chi connectivity index (χ0n) is 10.9. The van der Waals surface area contributed by atoms with Gasteiger partial charge in [0.2, 0.25) is 0 Å². The van der Waals surface area contributed by atoms with Crippen LogP contribution in [0.15, 0.2) is 12.4 Å². The molecule has 2 saturated heterocycles. The van der Waals surface area contributed by atoms with Gasteiger partial charge in [-0.15, -0.1) is 0 Å². The molecule has 0 radical (unpaired) electrons. The smallest absolute Gasteiger partial charge is 0.0570 e. The molecule has 0 aliphatic carbocycles. The Hall–Kier alpha value is -0.910. The van der Waals surface area contributed by atoms with Crippen molar-refractivity contribution in [2.75, 3.05) is 6.54 Å². The Morgan fingerprint density at radius 2 is 2.11 bits per heavy atom. The first kappa shape index (κ1) is 12.1. The van der Waals surface area contributed by atoms with Crippen LogP contribution in [0.2, 0.25) is 0 Å². The lowest BCUT2D eigenvalue weighted by atomic mass is 9.96. The van der Waals surface area contributed by atoms with Gasteiger partial charge in [-0.2, -0.15) is 5.10 Å². The molecule has 2 aliphatic rings. The van der Waals surface area contributed by atoms with Crippen molar-refractivity contribution in [1.82, 2.24) is 14.7 Å². The number of aliphatic hydroxyl groups excluding tert-OH is 1. The minimum absolute atomic E-state index is 0.119. The summed E-state index contributed by atoms with van der Waals surface area (Å²) >= 11 is 0. The molecule has 1 aromatic heterocycles. The maximum atomic E-state index is 9.86. The van der Waals surface area contributed by atoms with Gasteiger partial charge in [0.1, 0.15) is 0 Å². The Bertz CT molecular complexity index is 405. The highest BCUT2D eigenvalue weighted by Gasteiger charge is 2.43. The lowest BCUT2D eigenvalue weighted by Crippen LogP contribution is -2.48. The highest BCUT2D eigenvalue weighted by molar-refractivity contribution is 5.14. The first-order valence-electron chi connectivity index (χ1n) is 6.83. The standard InChI is InChI=1S/C13H22N4O/c1-16-8-9(7-15-16)13(6-14)17-10-2-3-11(17)5-12(18)4-10/h7-8,10-13,18H,2-6,14H2,1H3. The summed E-state index contributed by atoms with van der Waals surface area (Å²) in [7, 11) is 1.94. The van der Waals surface area contributed by atoms with Gasteiger partial charge in [0.25, 0.3) is 0 Å².